The molecular weight excluding hydrogens is 420 g/mol. The topological polar surface area (TPSA) is 96.1 Å². The summed E-state index contributed by atoms with van der Waals surface area (Å²) in [7, 11) is 1.61. The van der Waals surface area contributed by atoms with Gasteiger partial charge < -0.3 is 15.4 Å². The number of hydrogen-bond donors (Lipinski definition) is 3. The highest BCUT2D eigenvalue weighted by molar-refractivity contribution is 7.20. The van der Waals surface area contributed by atoms with Crippen molar-refractivity contribution in [3.8, 4) is 5.75 Å². The molecule has 0 saturated carbocycles. The molecular formula is C21H20N4O3S2. The maximum atomic E-state index is 13.0. The zero-order chi connectivity index (χ0) is 21.3. The van der Waals surface area contributed by atoms with Crippen molar-refractivity contribution in [3.63, 3.8) is 0 Å². The molecule has 9 heteroatoms. The maximum Gasteiger partial charge on any atom is 0.266 e. The van der Waals surface area contributed by atoms with Gasteiger partial charge in [-0.2, -0.15) is 5.10 Å². The van der Waals surface area contributed by atoms with Gasteiger partial charge in [-0.3, -0.25) is 14.7 Å². The number of nitrogens with one attached hydrogen (secondary N) is 3. The van der Waals surface area contributed by atoms with Crippen LogP contribution in [-0.2, 0) is 5.54 Å². The predicted molar refractivity (Wildman–Crippen MR) is 120 cm³/mol. The van der Waals surface area contributed by atoms with E-state index < -0.39 is 5.54 Å². The van der Waals surface area contributed by atoms with Gasteiger partial charge in [0.15, 0.2) is 0 Å². The van der Waals surface area contributed by atoms with E-state index in [9.17, 15) is 9.59 Å². The third kappa shape index (κ3) is 3.81. The molecule has 0 atom stereocenters. The van der Waals surface area contributed by atoms with Gasteiger partial charge in [0.1, 0.15) is 16.4 Å². The van der Waals surface area contributed by atoms with E-state index in [2.05, 4.69) is 20.8 Å². The summed E-state index contributed by atoms with van der Waals surface area (Å²) < 4.78 is 5.44. The molecule has 7 nitrogen and oxygen atoms in total. The molecule has 3 heterocycles. The second-order valence-corrected chi connectivity index (χ2v) is 9.12. The Morgan fingerprint density at radius 3 is 2.63 bits per heavy atom. The first-order valence-corrected chi connectivity index (χ1v) is 10.9. The number of anilines is 1. The lowest BCUT2D eigenvalue weighted by atomic mass is 9.93. The quantitative estimate of drug-likeness (QED) is 0.408. The summed E-state index contributed by atoms with van der Waals surface area (Å²) in [5.74, 6) is 0.750. The van der Waals surface area contributed by atoms with Gasteiger partial charge in [0.25, 0.3) is 11.8 Å². The average Bonchev–Trinajstić information content (AvgIpc) is 3.46. The lowest BCUT2D eigenvalue weighted by Gasteiger charge is -2.28. The number of methoxy groups -OCH3 is 1. The molecule has 0 spiro atoms. The predicted octanol–water partition coefficient (Wildman–Crippen LogP) is 4.61. The largest absolute Gasteiger partial charge is 0.496 e. The fraction of sp³-hybridized carbons (Fsp3) is 0.190. The summed E-state index contributed by atoms with van der Waals surface area (Å²) in [5, 5.41) is 15.5. The van der Waals surface area contributed by atoms with Crippen LogP contribution in [0.1, 0.15) is 38.8 Å². The summed E-state index contributed by atoms with van der Waals surface area (Å²) in [6.07, 6.45) is 0. The van der Waals surface area contributed by atoms with Crippen LogP contribution >= 0.6 is 22.7 Å². The SMILES string of the molecule is COc1ccccc1C(C)(C)NC(=O)c1cc2c(NC(=O)c3cccs3)[nH]nc2s1. The second-order valence-electron chi connectivity index (χ2n) is 7.14. The molecule has 0 aliphatic carbocycles. The monoisotopic (exact) mass is 440 g/mol. The smallest absolute Gasteiger partial charge is 0.266 e. The van der Waals surface area contributed by atoms with E-state index in [4.69, 9.17) is 4.74 Å². The number of aromatic nitrogens is 2. The lowest BCUT2D eigenvalue weighted by molar-refractivity contribution is 0.0915. The van der Waals surface area contributed by atoms with Crippen LogP contribution < -0.4 is 15.4 Å². The number of carbonyl (C=O) groups is 2. The van der Waals surface area contributed by atoms with Crippen molar-refractivity contribution in [1.29, 1.82) is 0 Å². The van der Waals surface area contributed by atoms with Crippen molar-refractivity contribution in [2.24, 2.45) is 0 Å². The Morgan fingerprint density at radius 2 is 1.90 bits per heavy atom. The minimum Gasteiger partial charge on any atom is -0.496 e. The van der Waals surface area contributed by atoms with Crippen molar-refractivity contribution < 1.29 is 14.3 Å². The number of para-hydroxylation sites is 1. The second kappa shape index (κ2) is 7.92. The van der Waals surface area contributed by atoms with Crippen LogP contribution in [0.5, 0.6) is 5.75 Å². The van der Waals surface area contributed by atoms with E-state index in [1.807, 2.05) is 49.6 Å². The molecule has 0 saturated heterocycles. The zero-order valence-corrected chi connectivity index (χ0v) is 18.2. The molecule has 0 unspecified atom stereocenters. The first-order chi connectivity index (χ1) is 14.4. The van der Waals surface area contributed by atoms with Crippen LogP contribution in [-0.4, -0.2) is 29.1 Å². The first-order valence-electron chi connectivity index (χ1n) is 9.18. The number of H-pyrrole nitrogens is 1. The number of thiophene rings is 2. The first kappa shape index (κ1) is 20.1. The fourth-order valence-electron chi connectivity index (χ4n) is 3.17. The highest BCUT2D eigenvalue weighted by atomic mass is 32.1. The van der Waals surface area contributed by atoms with Gasteiger partial charge in [-0.05, 0) is 37.4 Å². The molecule has 0 bridgehead atoms. The van der Waals surface area contributed by atoms with Gasteiger partial charge in [-0.15, -0.1) is 22.7 Å². The molecule has 154 valence electrons. The molecule has 4 aromatic rings. The molecule has 0 aliphatic rings. The van der Waals surface area contributed by atoms with Crippen LogP contribution in [0, 0.1) is 0 Å². The molecule has 4 rings (SSSR count). The molecule has 0 aliphatic heterocycles. The Balaban J connectivity index is 1.55. The minimum atomic E-state index is -0.645. The van der Waals surface area contributed by atoms with Crippen molar-refractivity contribution in [3.05, 3.63) is 63.2 Å². The Kier molecular flexibility index (Phi) is 5.31. The molecule has 0 fully saturated rings. The number of amides is 2. The number of ether oxygens (including phenoxy) is 1. The Hall–Kier alpha value is -3.17. The number of rotatable bonds is 6. The fourth-order valence-corrected chi connectivity index (χ4v) is 4.68. The third-order valence-corrected chi connectivity index (χ3v) is 6.56. The molecule has 2 amide bonds. The van der Waals surface area contributed by atoms with Crippen molar-refractivity contribution in [1.82, 2.24) is 15.5 Å². The zero-order valence-electron chi connectivity index (χ0n) is 16.6. The Labute approximate surface area is 181 Å². The Bertz CT molecular complexity index is 1210. The van der Waals surface area contributed by atoms with Crippen molar-refractivity contribution in [2.45, 2.75) is 19.4 Å². The lowest BCUT2D eigenvalue weighted by Crippen LogP contribution is -2.40. The van der Waals surface area contributed by atoms with E-state index >= 15 is 0 Å². The van der Waals surface area contributed by atoms with E-state index in [1.165, 1.54) is 22.7 Å². The number of carbonyl (C=O) groups excluding carboxylic acids is 2. The summed E-state index contributed by atoms with van der Waals surface area (Å²) in [6, 6.07) is 12.9. The van der Waals surface area contributed by atoms with E-state index in [0.717, 1.165) is 5.56 Å². The van der Waals surface area contributed by atoms with E-state index in [-0.39, 0.29) is 11.8 Å². The van der Waals surface area contributed by atoms with Crippen LogP contribution in [0.2, 0.25) is 0 Å². The van der Waals surface area contributed by atoms with Gasteiger partial charge >= 0.3 is 0 Å². The average molecular weight is 441 g/mol. The maximum absolute atomic E-state index is 13.0. The van der Waals surface area contributed by atoms with Crippen molar-refractivity contribution in [2.75, 3.05) is 12.4 Å². The number of nitrogens with zero attached hydrogens (tertiary/aromatic N) is 1. The minimum absolute atomic E-state index is 0.218. The van der Waals surface area contributed by atoms with E-state index in [0.29, 0.717) is 31.5 Å². The summed E-state index contributed by atoms with van der Waals surface area (Å²) in [5.41, 5.74) is 0.236. The van der Waals surface area contributed by atoms with Gasteiger partial charge in [0.2, 0.25) is 0 Å². The van der Waals surface area contributed by atoms with Gasteiger partial charge in [0, 0.05) is 5.56 Å². The highest BCUT2D eigenvalue weighted by Gasteiger charge is 2.28. The van der Waals surface area contributed by atoms with Crippen LogP contribution in [0.3, 0.4) is 0 Å². The summed E-state index contributed by atoms with van der Waals surface area (Å²) in [6.45, 7) is 3.85. The van der Waals surface area contributed by atoms with Crippen LogP contribution in [0.25, 0.3) is 10.2 Å². The normalized spacial score (nSPS) is 11.4. The molecule has 3 N–H and O–H groups in total. The molecule has 0 radical (unpaired) electrons. The summed E-state index contributed by atoms with van der Waals surface area (Å²) in [4.78, 5) is 27.0. The number of hydrogen-bond acceptors (Lipinski definition) is 6. The van der Waals surface area contributed by atoms with Gasteiger partial charge in [-0.25, -0.2) is 0 Å². The van der Waals surface area contributed by atoms with Gasteiger partial charge in [-0.1, -0.05) is 24.3 Å². The number of fused-ring (bicyclic) bond motifs is 1. The molecule has 30 heavy (non-hydrogen) atoms. The Morgan fingerprint density at radius 1 is 1.10 bits per heavy atom. The number of aromatic amines is 1. The molecule has 1 aromatic carbocycles. The van der Waals surface area contributed by atoms with Crippen molar-refractivity contribution >= 4 is 50.5 Å². The highest BCUT2D eigenvalue weighted by Crippen LogP contribution is 2.32. The molecule has 3 aromatic heterocycles. The van der Waals surface area contributed by atoms with E-state index in [1.54, 1.807) is 19.2 Å². The van der Waals surface area contributed by atoms with Crippen LogP contribution in [0.15, 0.2) is 47.8 Å². The summed E-state index contributed by atoms with van der Waals surface area (Å²) >= 11 is 2.62. The standard InChI is InChI=1S/C21H20N4O3S2/c1-21(2,13-7-4-5-8-14(13)28-3)23-19(27)16-11-12-17(24-25-20(12)30-16)22-18(26)15-9-6-10-29-15/h4-11H,1-3H3,(H,23,27)(H2,22,24,25,26). The number of benzene rings is 1. The van der Waals surface area contributed by atoms with Crippen LogP contribution in [0.4, 0.5) is 5.82 Å². The van der Waals surface area contributed by atoms with Gasteiger partial charge in [0.05, 0.1) is 27.8 Å². The third-order valence-electron chi connectivity index (χ3n) is 4.66.